The van der Waals surface area contributed by atoms with Crippen LogP contribution in [0.4, 0.5) is 24.7 Å². The van der Waals surface area contributed by atoms with Gasteiger partial charge in [-0.2, -0.15) is 13.2 Å². The van der Waals surface area contributed by atoms with Gasteiger partial charge in [0.25, 0.3) is 0 Å². The van der Waals surface area contributed by atoms with Gasteiger partial charge < -0.3 is 28.6 Å². The molecule has 2 aliphatic heterocycles. The van der Waals surface area contributed by atoms with Crippen LogP contribution in [0.2, 0.25) is 10.0 Å². The van der Waals surface area contributed by atoms with Gasteiger partial charge in [0.15, 0.2) is 0 Å². The van der Waals surface area contributed by atoms with Crippen LogP contribution in [0.1, 0.15) is 11.1 Å². The van der Waals surface area contributed by atoms with Gasteiger partial charge in [0.05, 0.1) is 30.1 Å². The molecule has 2 unspecified atom stereocenters. The van der Waals surface area contributed by atoms with Gasteiger partial charge in [0.1, 0.15) is 24.3 Å². The van der Waals surface area contributed by atoms with Gasteiger partial charge in [-0.25, -0.2) is 9.97 Å². The average Bonchev–Trinajstić information content (AvgIpc) is 3.67. The van der Waals surface area contributed by atoms with E-state index in [9.17, 15) is 13.2 Å². The normalized spacial score (nSPS) is 20.0. The van der Waals surface area contributed by atoms with Crippen molar-refractivity contribution >= 4 is 59.5 Å². The molecule has 2 aliphatic rings. The number of aromatic nitrogens is 3. The number of piperazine rings is 1. The molecule has 8 nitrogen and oxygen atoms in total. The number of ether oxygens (including phenoxy) is 3. The quantitative estimate of drug-likeness (QED) is 0.193. The summed E-state index contributed by atoms with van der Waals surface area (Å²) in [5.74, 6) is 0.108. The second-order valence-corrected chi connectivity index (χ2v) is 11.2. The van der Waals surface area contributed by atoms with Gasteiger partial charge in [-0.3, -0.25) is 0 Å². The average molecular weight is 707 g/mol. The van der Waals surface area contributed by atoms with E-state index in [2.05, 4.69) is 14.9 Å². The van der Waals surface area contributed by atoms with E-state index in [1.165, 1.54) is 6.07 Å². The fraction of sp³-hybridized carbons (Fsp3) is 0.333. The summed E-state index contributed by atoms with van der Waals surface area (Å²) in [7, 11) is 0. The molecule has 45 heavy (non-hydrogen) atoms. The highest BCUT2D eigenvalue weighted by Gasteiger charge is 2.45. The number of benzene rings is 2. The number of hydrogen-bond donors (Lipinski definition) is 0. The maximum absolute atomic E-state index is 12.8. The Morgan fingerprint density at radius 1 is 0.956 bits per heavy atom. The topological polar surface area (TPSA) is 64.9 Å². The van der Waals surface area contributed by atoms with Crippen molar-refractivity contribution in [3.05, 3.63) is 101 Å². The van der Waals surface area contributed by atoms with Crippen molar-refractivity contribution in [2.75, 3.05) is 49.2 Å². The maximum atomic E-state index is 12.8. The highest BCUT2D eigenvalue weighted by Crippen LogP contribution is 2.40. The predicted molar refractivity (Wildman–Crippen MR) is 171 cm³/mol. The third-order valence-electron chi connectivity index (χ3n) is 7.47. The predicted octanol–water partition coefficient (Wildman–Crippen LogP) is 7.12. The van der Waals surface area contributed by atoms with E-state index < -0.39 is 17.5 Å². The summed E-state index contributed by atoms with van der Waals surface area (Å²) in [6, 6.07) is 15.5. The molecule has 0 N–H and O–H groups in total. The monoisotopic (exact) mass is 705 g/mol. The van der Waals surface area contributed by atoms with Crippen molar-refractivity contribution < 1.29 is 27.4 Å². The fourth-order valence-electron chi connectivity index (χ4n) is 5.25. The SMILES string of the molecule is Cl.Cl.FC(F)(F)c1ccc(N2CCN(c3ccc(OCC4COC(Cn5ccnc5)(c5ccc(Cl)cc5Cl)O4)cc3)CC2)nc1. The van der Waals surface area contributed by atoms with Crippen LogP contribution in [0, 0.1) is 0 Å². The van der Waals surface area contributed by atoms with E-state index in [0.29, 0.717) is 66.5 Å². The molecule has 242 valence electrons. The second-order valence-electron chi connectivity index (χ2n) is 10.3. The van der Waals surface area contributed by atoms with Crippen LogP contribution in [0.3, 0.4) is 0 Å². The minimum atomic E-state index is -4.39. The summed E-state index contributed by atoms with van der Waals surface area (Å²) in [6.45, 7) is 3.65. The van der Waals surface area contributed by atoms with Crippen molar-refractivity contribution in [3.8, 4) is 5.75 Å². The van der Waals surface area contributed by atoms with Crippen molar-refractivity contribution in [2.24, 2.45) is 0 Å². The van der Waals surface area contributed by atoms with Crippen LogP contribution in [0.5, 0.6) is 5.75 Å². The molecule has 0 spiro atoms. The summed E-state index contributed by atoms with van der Waals surface area (Å²) in [5.41, 5.74) is 0.960. The van der Waals surface area contributed by atoms with Gasteiger partial charge in [-0.1, -0.05) is 29.3 Å². The highest BCUT2D eigenvalue weighted by atomic mass is 35.5. The number of pyridine rings is 1. The summed E-state index contributed by atoms with van der Waals surface area (Å²) < 4.78 is 59.1. The number of imidazole rings is 1. The third kappa shape index (κ3) is 8.08. The number of anilines is 2. The minimum absolute atomic E-state index is 0. The van der Waals surface area contributed by atoms with Gasteiger partial charge in [0, 0.05) is 61.0 Å². The van der Waals surface area contributed by atoms with Crippen molar-refractivity contribution in [2.45, 2.75) is 24.6 Å². The molecule has 2 atom stereocenters. The Morgan fingerprint density at radius 2 is 1.69 bits per heavy atom. The van der Waals surface area contributed by atoms with Crippen molar-refractivity contribution in [3.63, 3.8) is 0 Å². The van der Waals surface area contributed by atoms with Crippen molar-refractivity contribution in [1.82, 2.24) is 14.5 Å². The molecule has 2 saturated heterocycles. The lowest BCUT2D eigenvalue weighted by molar-refractivity contribution is -0.189. The first-order chi connectivity index (χ1) is 20.7. The number of alkyl halides is 3. The largest absolute Gasteiger partial charge is 0.491 e. The van der Waals surface area contributed by atoms with E-state index >= 15 is 0 Å². The number of halogens is 7. The lowest BCUT2D eigenvalue weighted by atomic mass is 10.1. The Labute approximate surface area is 280 Å². The summed E-state index contributed by atoms with van der Waals surface area (Å²) in [5, 5.41) is 0.965. The molecular weight excluding hydrogens is 677 g/mol. The number of hydrogen-bond acceptors (Lipinski definition) is 7. The third-order valence-corrected chi connectivity index (χ3v) is 8.02. The first kappa shape index (κ1) is 34.9. The van der Waals surface area contributed by atoms with Crippen LogP contribution in [-0.4, -0.2) is 60.0 Å². The lowest BCUT2D eigenvalue weighted by Crippen LogP contribution is -2.46. The van der Waals surface area contributed by atoms with E-state index in [-0.39, 0.29) is 37.5 Å². The number of rotatable bonds is 8. The fourth-order valence-corrected chi connectivity index (χ4v) is 5.80. The Balaban J connectivity index is 0.00000230. The molecule has 2 fully saturated rings. The molecule has 0 bridgehead atoms. The zero-order valence-electron chi connectivity index (χ0n) is 23.7. The van der Waals surface area contributed by atoms with Crippen LogP contribution >= 0.6 is 48.0 Å². The molecule has 6 rings (SSSR count). The Hall–Kier alpha value is -2.93. The van der Waals surface area contributed by atoms with Gasteiger partial charge in [-0.05, 0) is 48.5 Å². The summed E-state index contributed by atoms with van der Waals surface area (Å²) in [4.78, 5) is 12.3. The molecule has 0 amide bonds. The highest BCUT2D eigenvalue weighted by molar-refractivity contribution is 6.35. The van der Waals surface area contributed by atoms with E-state index in [4.69, 9.17) is 37.4 Å². The molecule has 0 aliphatic carbocycles. The molecule has 0 radical (unpaired) electrons. The molecule has 4 aromatic rings. The lowest BCUT2D eigenvalue weighted by Gasteiger charge is -2.36. The second kappa shape index (κ2) is 14.7. The smallest absolute Gasteiger partial charge is 0.417 e. The van der Waals surface area contributed by atoms with Gasteiger partial charge >= 0.3 is 6.18 Å². The molecular formula is C30H30Cl4F3N5O3. The van der Waals surface area contributed by atoms with Gasteiger partial charge in [0.2, 0.25) is 5.79 Å². The zero-order valence-corrected chi connectivity index (χ0v) is 26.8. The van der Waals surface area contributed by atoms with Crippen molar-refractivity contribution in [1.29, 1.82) is 0 Å². The minimum Gasteiger partial charge on any atom is -0.491 e. The summed E-state index contributed by atoms with van der Waals surface area (Å²) >= 11 is 12.7. The Bertz CT molecular complexity index is 1520. The molecule has 15 heteroatoms. The maximum Gasteiger partial charge on any atom is 0.417 e. The Kier molecular flexibility index (Phi) is 11.4. The molecule has 2 aromatic carbocycles. The Morgan fingerprint density at radius 3 is 2.31 bits per heavy atom. The first-order valence-corrected chi connectivity index (χ1v) is 14.4. The zero-order chi connectivity index (χ0) is 30.0. The number of nitrogens with zero attached hydrogens (tertiary/aromatic N) is 5. The molecule has 2 aromatic heterocycles. The summed E-state index contributed by atoms with van der Waals surface area (Å²) in [6.07, 6.45) is 1.35. The van der Waals surface area contributed by atoms with Crippen LogP contribution < -0.4 is 14.5 Å². The van der Waals surface area contributed by atoms with E-state index in [1.54, 1.807) is 24.7 Å². The standard InChI is InChI=1S/C30H28Cl2F3N5O3.2ClH/c31-22-2-7-26(27(32)15-22)29(19-38-10-9-36-20-38)42-18-25(43-29)17-41-24-5-3-23(4-6-24)39-11-13-40(14-12-39)28-8-1-21(16-37-28)30(33,34)35;;/h1-10,15-16,20,25H,11-14,17-19H2;2*1H. The van der Waals surface area contributed by atoms with Gasteiger partial charge in [-0.15, -0.1) is 24.8 Å². The molecule has 4 heterocycles. The van der Waals surface area contributed by atoms with E-state index in [1.807, 2.05) is 46.0 Å². The van der Waals surface area contributed by atoms with Crippen LogP contribution in [0.15, 0.2) is 79.5 Å². The molecule has 0 saturated carbocycles. The first-order valence-electron chi connectivity index (χ1n) is 13.7. The van der Waals surface area contributed by atoms with Crippen LogP contribution in [-0.2, 0) is 28.0 Å². The van der Waals surface area contributed by atoms with Crippen LogP contribution in [0.25, 0.3) is 0 Å². The van der Waals surface area contributed by atoms with E-state index in [0.717, 1.165) is 18.0 Å².